The first kappa shape index (κ1) is 23.0. The number of nitrogens with one attached hydrogen (secondary N) is 1. The summed E-state index contributed by atoms with van der Waals surface area (Å²) < 4.78 is 1.80. The van der Waals surface area contributed by atoms with Crippen LogP contribution in [0.15, 0.2) is 104 Å². The zero-order valence-corrected chi connectivity index (χ0v) is 19.7. The van der Waals surface area contributed by atoms with Crippen LogP contribution in [0.1, 0.15) is 17.7 Å². The van der Waals surface area contributed by atoms with Crippen molar-refractivity contribution in [2.45, 2.75) is 19.4 Å². The monoisotopic (exact) mass is 474 g/mol. The zero-order valence-electron chi connectivity index (χ0n) is 19.7. The first-order valence-corrected chi connectivity index (χ1v) is 11.8. The number of aryl methyl sites for hydroxylation is 1. The fourth-order valence-electron chi connectivity index (χ4n) is 4.03. The van der Waals surface area contributed by atoms with Crippen molar-refractivity contribution < 1.29 is 4.79 Å². The molecule has 5 rings (SSSR count). The van der Waals surface area contributed by atoms with Crippen molar-refractivity contribution in [1.82, 2.24) is 20.0 Å². The highest BCUT2D eigenvalue weighted by atomic mass is 16.1. The van der Waals surface area contributed by atoms with E-state index in [4.69, 9.17) is 5.73 Å². The maximum Gasteiger partial charge on any atom is 0.224 e. The normalized spacial score (nSPS) is 10.8. The second-order valence-corrected chi connectivity index (χ2v) is 8.57. The summed E-state index contributed by atoms with van der Waals surface area (Å²) in [5.74, 6) is -0.129. The number of nitrogens with two attached hydrogens (primary N) is 1. The molecule has 7 nitrogen and oxygen atoms in total. The van der Waals surface area contributed by atoms with Crippen LogP contribution < -0.4 is 11.1 Å². The standard InChI is InChI=1S/C29H26N6O/c30-27-13-11-24(25-10-5-15-31-18-25)17-28(27)32-29(36)14-12-26-20-35(34-33-26)19-21-6-4-9-23(16-21)22-7-2-1-3-8-22/h1-11,13,15-18,20H,12,14,19,30H2,(H,32,36). The fraction of sp³-hybridized carbons (Fsp3) is 0.103. The van der Waals surface area contributed by atoms with Crippen molar-refractivity contribution in [1.29, 1.82) is 0 Å². The molecule has 0 aliphatic heterocycles. The number of nitrogen functional groups attached to an aromatic ring is 1. The van der Waals surface area contributed by atoms with Gasteiger partial charge in [-0.1, -0.05) is 65.9 Å². The Morgan fingerprint density at radius 3 is 2.50 bits per heavy atom. The Morgan fingerprint density at radius 2 is 1.67 bits per heavy atom. The largest absolute Gasteiger partial charge is 0.397 e. The molecule has 3 N–H and O–H groups in total. The number of carbonyl (C=O) groups is 1. The Balaban J connectivity index is 1.18. The summed E-state index contributed by atoms with van der Waals surface area (Å²) in [5, 5.41) is 11.4. The molecule has 0 radical (unpaired) electrons. The molecule has 2 aromatic heterocycles. The number of aromatic nitrogens is 4. The Kier molecular flexibility index (Phi) is 6.80. The number of pyridine rings is 1. The van der Waals surface area contributed by atoms with Crippen LogP contribution in [0.2, 0.25) is 0 Å². The molecule has 178 valence electrons. The van der Waals surface area contributed by atoms with E-state index in [-0.39, 0.29) is 12.3 Å². The fourth-order valence-corrected chi connectivity index (χ4v) is 4.03. The molecule has 1 amide bonds. The summed E-state index contributed by atoms with van der Waals surface area (Å²) in [4.78, 5) is 16.8. The number of amides is 1. The van der Waals surface area contributed by atoms with Crippen LogP contribution in [0.3, 0.4) is 0 Å². The van der Waals surface area contributed by atoms with E-state index >= 15 is 0 Å². The average Bonchev–Trinajstić information content (AvgIpc) is 3.37. The van der Waals surface area contributed by atoms with Gasteiger partial charge in [-0.05, 0) is 46.5 Å². The number of benzene rings is 3. The summed E-state index contributed by atoms with van der Waals surface area (Å²) in [7, 11) is 0. The molecule has 0 atom stereocenters. The van der Waals surface area contributed by atoms with E-state index in [1.54, 1.807) is 23.1 Å². The molecular weight excluding hydrogens is 448 g/mol. The minimum Gasteiger partial charge on any atom is -0.397 e. The number of hydrogen-bond acceptors (Lipinski definition) is 5. The lowest BCUT2D eigenvalue weighted by Gasteiger charge is -2.10. The van der Waals surface area contributed by atoms with Gasteiger partial charge in [0.1, 0.15) is 0 Å². The molecule has 3 aromatic carbocycles. The third-order valence-electron chi connectivity index (χ3n) is 5.90. The second kappa shape index (κ2) is 10.7. The third-order valence-corrected chi connectivity index (χ3v) is 5.90. The smallest absolute Gasteiger partial charge is 0.224 e. The Bertz CT molecular complexity index is 1460. The first-order valence-electron chi connectivity index (χ1n) is 11.8. The Morgan fingerprint density at radius 1 is 0.861 bits per heavy atom. The number of nitrogens with zero attached hydrogens (tertiary/aromatic N) is 4. The van der Waals surface area contributed by atoms with E-state index in [0.29, 0.717) is 24.3 Å². The molecule has 5 aromatic rings. The van der Waals surface area contributed by atoms with Gasteiger partial charge in [0.2, 0.25) is 5.91 Å². The minimum atomic E-state index is -0.129. The lowest BCUT2D eigenvalue weighted by Crippen LogP contribution is -2.13. The van der Waals surface area contributed by atoms with Crippen LogP contribution in [0.4, 0.5) is 11.4 Å². The molecule has 36 heavy (non-hydrogen) atoms. The molecule has 0 saturated heterocycles. The summed E-state index contributed by atoms with van der Waals surface area (Å²) >= 11 is 0. The molecule has 0 aliphatic rings. The molecular formula is C29H26N6O. The second-order valence-electron chi connectivity index (χ2n) is 8.57. The van der Waals surface area contributed by atoms with Crippen molar-refractivity contribution in [3.63, 3.8) is 0 Å². The molecule has 0 spiro atoms. The van der Waals surface area contributed by atoms with Gasteiger partial charge in [-0.15, -0.1) is 5.10 Å². The number of carbonyl (C=O) groups excluding carboxylic acids is 1. The summed E-state index contributed by atoms with van der Waals surface area (Å²) in [6, 6.07) is 28.1. The zero-order chi connectivity index (χ0) is 24.7. The predicted molar refractivity (Wildman–Crippen MR) is 142 cm³/mol. The van der Waals surface area contributed by atoms with E-state index < -0.39 is 0 Å². The highest BCUT2D eigenvalue weighted by molar-refractivity contribution is 5.95. The van der Waals surface area contributed by atoms with Gasteiger partial charge in [-0.3, -0.25) is 9.78 Å². The van der Waals surface area contributed by atoms with Crippen LogP contribution in [-0.4, -0.2) is 25.9 Å². The SMILES string of the molecule is Nc1ccc(-c2cccnc2)cc1NC(=O)CCc1cn(Cc2cccc(-c3ccccc3)c2)nn1. The average molecular weight is 475 g/mol. The highest BCUT2D eigenvalue weighted by Crippen LogP contribution is 2.27. The van der Waals surface area contributed by atoms with Crippen molar-refractivity contribution in [2.24, 2.45) is 0 Å². The van der Waals surface area contributed by atoms with E-state index in [0.717, 1.165) is 27.9 Å². The lowest BCUT2D eigenvalue weighted by molar-refractivity contribution is -0.116. The van der Waals surface area contributed by atoms with Crippen molar-refractivity contribution in [2.75, 3.05) is 11.1 Å². The number of rotatable bonds is 8. The predicted octanol–water partition coefficient (Wildman–Crippen LogP) is 5.21. The van der Waals surface area contributed by atoms with Gasteiger partial charge in [0.25, 0.3) is 0 Å². The number of hydrogen-bond donors (Lipinski definition) is 2. The molecule has 0 bridgehead atoms. The van der Waals surface area contributed by atoms with Crippen molar-refractivity contribution in [3.05, 3.63) is 115 Å². The molecule has 0 aliphatic carbocycles. The van der Waals surface area contributed by atoms with Crippen LogP contribution in [0.25, 0.3) is 22.3 Å². The van der Waals surface area contributed by atoms with Gasteiger partial charge >= 0.3 is 0 Å². The summed E-state index contributed by atoms with van der Waals surface area (Å²) in [6.07, 6.45) is 6.15. The van der Waals surface area contributed by atoms with Gasteiger partial charge < -0.3 is 11.1 Å². The first-order chi connectivity index (χ1) is 17.6. The van der Waals surface area contributed by atoms with Crippen LogP contribution in [0, 0.1) is 0 Å². The maximum absolute atomic E-state index is 12.6. The van der Waals surface area contributed by atoms with Gasteiger partial charge in [-0.2, -0.15) is 0 Å². The van der Waals surface area contributed by atoms with Crippen LogP contribution in [0.5, 0.6) is 0 Å². The van der Waals surface area contributed by atoms with E-state index in [2.05, 4.69) is 57.0 Å². The van der Waals surface area contributed by atoms with Gasteiger partial charge in [0.05, 0.1) is 23.6 Å². The van der Waals surface area contributed by atoms with Crippen molar-refractivity contribution in [3.8, 4) is 22.3 Å². The molecule has 0 fully saturated rings. The van der Waals surface area contributed by atoms with Gasteiger partial charge in [0, 0.05) is 37.0 Å². The van der Waals surface area contributed by atoms with Crippen LogP contribution in [-0.2, 0) is 17.8 Å². The van der Waals surface area contributed by atoms with Crippen molar-refractivity contribution >= 4 is 17.3 Å². The quantitative estimate of drug-likeness (QED) is 0.301. The molecule has 2 heterocycles. The third kappa shape index (κ3) is 5.64. The summed E-state index contributed by atoms with van der Waals surface area (Å²) in [6.45, 7) is 0.609. The molecule has 7 heteroatoms. The van der Waals surface area contributed by atoms with Gasteiger partial charge in [-0.25, -0.2) is 4.68 Å². The lowest BCUT2D eigenvalue weighted by atomic mass is 10.0. The molecule has 0 saturated carbocycles. The van der Waals surface area contributed by atoms with E-state index in [1.807, 2.05) is 48.7 Å². The summed E-state index contributed by atoms with van der Waals surface area (Å²) in [5.41, 5.74) is 13.3. The number of anilines is 2. The van der Waals surface area contributed by atoms with E-state index in [9.17, 15) is 4.79 Å². The molecule has 0 unspecified atom stereocenters. The topological polar surface area (TPSA) is 98.7 Å². The van der Waals surface area contributed by atoms with Gasteiger partial charge in [0.15, 0.2) is 0 Å². The highest BCUT2D eigenvalue weighted by Gasteiger charge is 2.10. The minimum absolute atomic E-state index is 0.129. The van der Waals surface area contributed by atoms with Crippen LogP contribution >= 0.6 is 0 Å². The Labute approximate surface area is 209 Å². The maximum atomic E-state index is 12.6. The Hall–Kier alpha value is -4.78. The van der Waals surface area contributed by atoms with E-state index in [1.165, 1.54) is 5.56 Å².